The van der Waals surface area contributed by atoms with Gasteiger partial charge in [0.1, 0.15) is 0 Å². The van der Waals surface area contributed by atoms with E-state index in [4.69, 9.17) is 0 Å². The van der Waals surface area contributed by atoms with Crippen molar-refractivity contribution in [3.63, 3.8) is 0 Å². The summed E-state index contributed by atoms with van der Waals surface area (Å²) in [7, 11) is 0. The quantitative estimate of drug-likeness (QED) is 0.107. The Labute approximate surface area is 370 Å². The predicted molar refractivity (Wildman–Crippen MR) is 252 cm³/mol. The molecule has 4 heterocycles. The molecule has 2 aromatic heterocycles. The summed E-state index contributed by atoms with van der Waals surface area (Å²) < 4.78 is 39.1. The van der Waals surface area contributed by atoms with Gasteiger partial charge in [0.15, 0.2) is 11.6 Å². The molecular weight excluding hydrogens is 794 g/mol. The fourth-order valence-electron chi connectivity index (χ4n) is 9.18. The Morgan fingerprint density at radius 3 is 1.75 bits per heavy atom. The molecule has 9 heteroatoms. The number of hydrogen-bond donors (Lipinski definition) is 2. The van der Waals surface area contributed by atoms with Crippen molar-refractivity contribution in [2.75, 3.05) is 32.7 Å². The summed E-state index contributed by atoms with van der Waals surface area (Å²) in [5, 5.41) is 2.07. The van der Waals surface area contributed by atoms with Crippen LogP contribution in [-0.2, 0) is 12.6 Å². The first-order valence-corrected chi connectivity index (χ1v) is 22.8. The number of carbonyl (C=O) groups is 2. The van der Waals surface area contributed by atoms with E-state index in [0.717, 1.165) is 115 Å². The summed E-state index contributed by atoms with van der Waals surface area (Å²) >= 11 is 0. The number of aromatic nitrogens is 2. The van der Waals surface area contributed by atoms with Crippen molar-refractivity contribution in [2.45, 2.75) is 91.8 Å². The van der Waals surface area contributed by atoms with Crippen molar-refractivity contribution in [3.05, 3.63) is 154 Å². The first-order valence-electron chi connectivity index (χ1n) is 22.8. The highest BCUT2D eigenvalue weighted by atomic mass is 19.4. The molecule has 0 radical (unpaired) electrons. The van der Waals surface area contributed by atoms with Crippen LogP contribution in [0.15, 0.2) is 109 Å². The SMILES string of the molecule is CC(C)CN1CC=C(c2c[nH]c3ccc(C(=O)c4cccc(C(F)(F)F)c4)cc23)CC1.CCCCc1cccc(C(=O)c2ccc3[nH]cc(C4=CCN(C(CC)CC)CC4)c3c2)c1. The standard InChI is InChI=1S/C29H36N2O.C25H25F3N2O/c1-4-7-9-21-10-8-11-23(18-21)29(32)24-12-13-28-26(19-24)27(20-30-28)22-14-16-31(17-15-22)25(5-2)6-3;1-16(2)15-30-10-8-17(9-11-30)22-14-29-23-7-6-19(13-21(22)23)24(31)18-4-3-5-20(12-18)25(26,27)28/h8,10-14,18-20,25,30H,4-7,9,15-17H2,1-3H3;3-8,12-14,16,29H,9-11,15H2,1-2H3. The fourth-order valence-corrected chi connectivity index (χ4v) is 9.18. The van der Waals surface area contributed by atoms with Crippen LogP contribution in [0.3, 0.4) is 0 Å². The lowest BCUT2D eigenvalue weighted by Crippen LogP contribution is -2.37. The third-order valence-corrected chi connectivity index (χ3v) is 12.7. The third kappa shape index (κ3) is 10.8. The molecule has 6 aromatic rings. The number of H-pyrrole nitrogens is 2. The van der Waals surface area contributed by atoms with E-state index in [2.05, 4.69) is 90.9 Å². The number of alkyl halides is 3. The number of benzene rings is 4. The lowest BCUT2D eigenvalue weighted by molar-refractivity contribution is -0.137. The number of hydrogen-bond acceptors (Lipinski definition) is 4. The van der Waals surface area contributed by atoms with Gasteiger partial charge in [-0.2, -0.15) is 13.2 Å². The number of halogens is 3. The maximum Gasteiger partial charge on any atom is 0.416 e. The molecule has 0 saturated heterocycles. The van der Waals surface area contributed by atoms with E-state index in [0.29, 0.717) is 17.5 Å². The molecule has 2 N–H and O–H groups in total. The Bertz CT molecular complexity index is 2610. The second-order valence-electron chi connectivity index (χ2n) is 17.5. The second kappa shape index (κ2) is 20.3. The number of aryl methyl sites for hydroxylation is 1. The molecule has 2 aliphatic heterocycles. The van der Waals surface area contributed by atoms with Gasteiger partial charge in [-0.25, -0.2) is 0 Å². The summed E-state index contributed by atoms with van der Waals surface area (Å²) in [6, 6.07) is 24.7. The van der Waals surface area contributed by atoms with Crippen molar-refractivity contribution >= 4 is 44.5 Å². The third-order valence-electron chi connectivity index (χ3n) is 12.7. The van der Waals surface area contributed by atoms with Gasteiger partial charge < -0.3 is 9.97 Å². The van der Waals surface area contributed by atoms with Crippen molar-refractivity contribution in [3.8, 4) is 0 Å². The molecule has 0 fully saturated rings. The lowest BCUT2D eigenvalue weighted by atomic mass is 9.95. The van der Waals surface area contributed by atoms with Crippen LogP contribution in [0.25, 0.3) is 33.0 Å². The molecule has 0 amide bonds. The molecule has 0 spiro atoms. The number of aromatic amines is 2. The van der Waals surface area contributed by atoms with E-state index in [1.54, 1.807) is 12.1 Å². The molecule has 0 atom stereocenters. The summed E-state index contributed by atoms with van der Waals surface area (Å²) in [5.74, 6) is 0.309. The lowest BCUT2D eigenvalue weighted by Gasteiger charge is -2.33. The fraction of sp³-hybridized carbons (Fsp3) is 0.370. The van der Waals surface area contributed by atoms with Gasteiger partial charge in [0.2, 0.25) is 0 Å². The number of fused-ring (bicyclic) bond motifs is 2. The van der Waals surface area contributed by atoms with Crippen molar-refractivity contribution < 1.29 is 22.8 Å². The van der Waals surface area contributed by atoms with Crippen LogP contribution >= 0.6 is 0 Å². The molecule has 63 heavy (non-hydrogen) atoms. The van der Waals surface area contributed by atoms with E-state index in [-0.39, 0.29) is 11.3 Å². The Balaban J connectivity index is 0.000000189. The molecular formula is C54H61F3N4O2. The molecule has 8 rings (SSSR count). The van der Waals surface area contributed by atoms with Crippen LogP contribution in [0.5, 0.6) is 0 Å². The first-order chi connectivity index (χ1) is 30.4. The number of rotatable bonds is 14. The van der Waals surface area contributed by atoms with Gasteiger partial charge in [-0.3, -0.25) is 19.4 Å². The van der Waals surface area contributed by atoms with Gasteiger partial charge in [0.25, 0.3) is 0 Å². The van der Waals surface area contributed by atoms with E-state index in [1.807, 2.05) is 36.5 Å². The van der Waals surface area contributed by atoms with Gasteiger partial charge in [-0.1, -0.05) is 83.5 Å². The molecule has 0 saturated carbocycles. The second-order valence-corrected chi connectivity index (χ2v) is 17.5. The minimum Gasteiger partial charge on any atom is -0.361 e. The minimum absolute atomic E-state index is 0.0347. The number of ketones is 2. The molecule has 0 unspecified atom stereocenters. The van der Waals surface area contributed by atoms with Crippen molar-refractivity contribution in [2.24, 2.45) is 5.92 Å². The summed E-state index contributed by atoms with van der Waals surface area (Å²) in [6.07, 6.45) is 11.9. The number of nitrogens with zero attached hydrogens (tertiary/aromatic N) is 2. The van der Waals surface area contributed by atoms with Crippen LogP contribution < -0.4 is 0 Å². The van der Waals surface area contributed by atoms with Crippen LogP contribution in [0, 0.1) is 5.92 Å². The summed E-state index contributed by atoms with van der Waals surface area (Å²) in [6.45, 7) is 16.2. The van der Waals surface area contributed by atoms with Crippen LogP contribution in [-0.4, -0.2) is 70.1 Å². The average molecular weight is 855 g/mol. The zero-order chi connectivity index (χ0) is 44.7. The van der Waals surface area contributed by atoms with Crippen molar-refractivity contribution in [1.29, 1.82) is 0 Å². The Morgan fingerprint density at radius 2 is 1.24 bits per heavy atom. The molecule has 0 bridgehead atoms. The van der Waals surface area contributed by atoms with Gasteiger partial charge in [-0.05, 0) is 116 Å². The smallest absolute Gasteiger partial charge is 0.361 e. The Hall–Kier alpha value is -5.51. The highest BCUT2D eigenvalue weighted by Crippen LogP contribution is 2.34. The number of unbranched alkanes of at least 4 members (excludes halogenated alkanes) is 1. The predicted octanol–water partition coefficient (Wildman–Crippen LogP) is 13.2. The first kappa shape index (κ1) is 45.5. The molecule has 2 aliphatic rings. The van der Waals surface area contributed by atoms with Gasteiger partial charge in [0, 0.05) is 106 Å². The zero-order valence-electron chi connectivity index (χ0n) is 37.4. The Kier molecular flexibility index (Phi) is 14.7. The number of nitrogens with one attached hydrogen (secondary N) is 2. The van der Waals surface area contributed by atoms with E-state index >= 15 is 0 Å². The van der Waals surface area contributed by atoms with Gasteiger partial charge in [-0.15, -0.1) is 0 Å². The zero-order valence-corrected chi connectivity index (χ0v) is 37.4. The van der Waals surface area contributed by atoms with Crippen LogP contribution in [0.1, 0.15) is 127 Å². The summed E-state index contributed by atoms with van der Waals surface area (Å²) in [5.41, 5.74) is 9.31. The highest BCUT2D eigenvalue weighted by molar-refractivity contribution is 6.12. The minimum atomic E-state index is -4.48. The highest BCUT2D eigenvalue weighted by Gasteiger charge is 2.31. The van der Waals surface area contributed by atoms with Crippen molar-refractivity contribution in [1.82, 2.24) is 19.8 Å². The van der Waals surface area contributed by atoms with E-state index in [9.17, 15) is 22.8 Å². The topological polar surface area (TPSA) is 72.2 Å². The van der Waals surface area contributed by atoms with Gasteiger partial charge >= 0.3 is 6.18 Å². The maximum atomic E-state index is 13.3. The van der Waals surface area contributed by atoms with E-state index < -0.39 is 17.5 Å². The van der Waals surface area contributed by atoms with Crippen LogP contribution in [0.2, 0.25) is 0 Å². The summed E-state index contributed by atoms with van der Waals surface area (Å²) in [4.78, 5) is 37.9. The molecule has 330 valence electrons. The monoisotopic (exact) mass is 854 g/mol. The molecule has 0 aliphatic carbocycles. The average Bonchev–Trinajstić information content (AvgIpc) is 3.93. The van der Waals surface area contributed by atoms with Crippen LogP contribution in [0.4, 0.5) is 13.2 Å². The normalized spacial score (nSPS) is 15.1. The molecule has 6 nitrogen and oxygen atoms in total. The largest absolute Gasteiger partial charge is 0.416 e. The van der Waals surface area contributed by atoms with Gasteiger partial charge in [0.05, 0.1) is 5.56 Å². The number of carbonyl (C=O) groups excluding carboxylic acids is 2. The Morgan fingerprint density at radius 1 is 0.683 bits per heavy atom. The molecule has 4 aromatic carbocycles. The maximum absolute atomic E-state index is 13.3. The van der Waals surface area contributed by atoms with E-state index in [1.165, 1.54) is 47.2 Å².